The minimum absolute atomic E-state index is 0.0694. The smallest absolute Gasteiger partial charge is 0.266 e. The second kappa shape index (κ2) is 5.46. The molecule has 0 spiro atoms. The van der Waals surface area contributed by atoms with Crippen LogP contribution in [0.1, 0.15) is 11.1 Å². The van der Waals surface area contributed by atoms with Crippen LogP contribution in [0.3, 0.4) is 0 Å². The molecule has 0 aliphatic heterocycles. The minimum Gasteiger partial charge on any atom is -0.398 e. The average Bonchev–Trinajstić information content (AvgIpc) is 2.46. The van der Waals surface area contributed by atoms with Crippen LogP contribution in [0.25, 0.3) is 0 Å². The highest BCUT2D eigenvalue weighted by atomic mass is 32.2. The summed E-state index contributed by atoms with van der Waals surface area (Å²) in [5.74, 6) is 0. The van der Waals surface area contributed by atoms with Gasteiger partial charge < -0.3 is 5.73 Å². The molecule has 0 bridgehead atoms. The average molecular weight is 301 g/mol. The first-order chi connectivity index (χ1) is 9.86. The van der Waals surface area contributed by atoms with Gasteiger partial charge in [-0.05, 0) is 48.9 Å². The number of nitrogens with zero attached hydrogens (tertiary/aromatic N) is 2. The van der Waals surface area contributed by atoms with Crippen molar-refractivity contribution in [3.63, 3.8) is 0 Å². The fourth-order valence-electron chi connectivity index (χ4n) is 1.93. The molecule has 0 heterocycles. The number of rotatable bonds is 3. The molecule has 0 aliphatic carbocycles. The van der Waals surface area contributed by atoms with E-state index in [0.29, 0.717) is 11.3 Å². The van der Waals surface area contributed by atoms with E-state index in [-0.39, 0.29) is 10.6 Å². The van der Waals surface area contributed by atoms with E-state index in [1.54, 1.807) is 36.4 Å². The van der Waals surface area contributed by atoms with Gasteiger partial charge >= 0.3 is 0 Å². The predicted molar refractivity (Wildman–Crippen MR) is 82.3 cm³/mol. The molecule has 21 heavy (non-hydrogen) atoms. The Bertz CT molecular complexity index is 806. The van der Waals surface area contributed by atoms with Gasteiger partial charge in [-0.25, -0.2) is 8.42 Å². The molecule has 6 heteroatoms. The number of nitrogens with two attached hydrogens (primary N) is 1. The third-order valence-corrected chi connectivity index (χ3v) is 5.02. The maximum absolute atomic E-state index is 12.6. The van der Waals surface area contributed by atoms with Crippen molar-refractivity contribution >= 4 is 21.4 Å². The van der Waals surface area contributed by atoms with Crippen LogP contribution in [-0.4, -0.2) is 15.5 Å². The molecule has 0 aliphatic rings. The highest BCUT2D eigenvalue weighted by molar-refractivity contribution is 7.93. The van der Waals surface area contributed by atoms with Crippen LogP contribution in [-0.2, 0) is 10.0 Å². The van der Waals surface area contributed by atoms with Gasteiger partial charge in [0.2, 0.25) is 0 Å². The zero-order valence-corrected chi connectivity index (χ0v) is 12.6. The molecular weight excluding hydrogens is 286 g/mol. The van der Waals surface area contributed by atoms with Gasteiger partial charge in [-0.3, -0.25) is 4.31 Å². The summed E-state index contributed by atoms with van der Waals surface area (Å²) >= 11 is 0. The number of nitriles is 1. The zero-order valence-electron chi connectivity index (χ0n) is 11.7. The molecule has 2 aromatic rings. The molecule has 108 valence electrons. The lowest BCUT2D eigenvalue weighted by Crippen LogP contribution is -2.27. The largest absolute Gasteiger partial charge is 0.398 e. The number of benzene rings is 2. The van der Waals surface area contributed by atoms with Gasteiger partial charge in [-0.1, -0.05) is 6.07 Å². The highest BCUT2D eigenvalue weighted by Gasteiger charge is 2.23. The normalized spacial score (nSPS) is 10.9. The van der Waals surface area contributed by atoms with Gasteiger partial charge in [0.05, 0.1) is 23.0 Å². The Kier molecular flexibility index (Phi) is 3.87. The van der Waals surface area contributed by atoms with Crippen molar-refractivity contribution in [2.24, 2.45) is 0 Å². The van der Waals surface area contributed by atoms with E-state index < -0.39 is 10.0 Å². The second-order valence-electron chi connectivity index (χ2n) is 4.67. The standard InChI is InChI=1S/C15H15N3O2S/c1-11-3-8-15(14(17)9-11)21(19,20)18(2)13-6-4-12(10-16)5-7-13/h3-9H,17H2,1-2H3. The van der Waals surface area contributed by atoms with E-state index in [4.69, 9.17) is 11.0 Å². The minimum atomic E-state index is -3.73. The quantitative estimate of drug-likeness (QED) is 0.881. The molecule has 2 rings (SSSR count). The summed E-state index contributed by atoms with van der Waals surface area (Å²) in [5, 5.41) is 8.77. The van der Waals surface area contributed by atoms with Crippen molar-refractivity contribution in [2.75, 3.05) is 17.1 Å². The van der Waals surface area contributed by atoms with E-state index in [9.17, 15) is 8.42 Å². The van der Waals surface area contributed by atoms with Gasteiger partial charge in [0.25, 0.3) is 10.0 Å². The zero-order chi connectivity index (χ0) is 15.6. The lowest BCUT2D eigenvalue weighted by atomic mass is 10.2. The SMILES string of the molecule is Cc1ccc(S(=O)(=O)N(C)c2ccc(C#N)cc2)c(N)c1. The number of hydrogen-bond acceptors (Lipinski definition) is 4. The Morgan fingerprint density at radius 2 is 1.76 bits per heavy atom. The lowest BCUT2D eigenvalue weighted by molar-refractivity contribution is 0.595. The van der Waals surface area contributed by atoms with E-state index in [1.807, 2.05) is 13.0 Å². The van der Waals surface area contributed by atoms with Crippen LogP contribution in [0, 0.1) is 18.3 Å². The molecule has 0 saturated heterocycles. The maximum atomic E-state index is 12.6. The molecule has 2 N–H and O–H groups in total. The molecule has 0 unspecified atom stereocenters. The van der Waals surface area contributed by atoms with E-state index in [2.05, 4.69) is 0 Å². The van der Waals surface area contributed by atoms with Gasteiger partial charge in [-0.2, -0.15) is 5.26 Å². The molecule has 0 amide bonds. The third-order valence-electron chi connectivity index (χ3n) is 3.16. The van der Waals surface area contributed by atoms with Crippen LogP contribution in [0.15, 0.2) is 47.4 Å². The summed E-state index contributed by atoms with van der Waals surface area (Å²) in [7, 11) is -2.28. The van der Waals surface area contributed by atoms with E-state index in [0.717, 1.165) is 9.87 Å². The fourth-order valence-corrected chi connectivity index (χ4v) is 3.23. The Morgan fingerprint density at radius 1 is 1.14 bits per heavy atom. The van der Waals surface area contributed by atoms with Crippen LogP contribution < -0.4 is 10.0 Å². The molecule has 0 radical (unpaired) electrons. The van der Waals surface area contributed by atoms with Crippen molar-refractivity contribution in [1.29, 1.82) is 5.26 Å². The first-order valence-electron chi connectivity index (χ1n) is 6.21. The first-order valence-corrected chi connectivity index (χ1v) is 7.65. The van der Waals surface area contributed by atoms with E-state index in [1.165, 1.54) is 13.1 Å². The van der Waals surface area contributed by atoms with Crippen molar-refractivity contribution in [3.05, 3.63) is 53.6 Å². The van der Waals surface area contributed by atoms with Crippen LogP contribution in [0.4, 0.5) is 11.4 Å². The van der Waals surface area contributed by atoms with Crippen molar-refractivity contribution in [2.45, 2.75) is 11.8 Å². The highest BCUT2D eigenvalue weighted by Crippen LogP contribution is 2.26. The Morgan fingerprint density at radius 3 is 2.29 bits per heavy atom. The third kappa shape index (κ3) is 2.83. The Hall–Kier alpha value is -2.52. The Labute approximate surface area is 124 Å². The molecule has 0 saturated carbocycles. The molecular formula is C15H15N3O2S. The van der Waals surface area contributed by atoms with Gasteiger partial charge in [0.1, 0.15) is 4.90 Å². The summed E-state index contributed by atoms with van der Waals surface area (Å²) in [6, 6.07) is 13.1. The van der Waals surface area contributed by atoms with Crippen LogP contribution in [0.2, 0.25) is 0 Å². The van der Waals surface area contributed by atoms with Crippen molar-refractivity contribution in [1.82, 2.24) is 0 Å². The lowest BCUT2D eigenvalue weighted by Gasteiger charge is -2.20. The number of hydrogen-bond donors (Lipinski definition) is 1. The monoisotopic (exact) mass is 301 g/mol. The summed E-state index contributed by atoms with van der Waals surface area (Å²) in [6.45, 7) is 1.84. The van der Waals surface area contributed by atoms with Crippen molar-refractivity contribution in [3.8, 4) is 6.07 Å². The number of aryl methyl sites for hydroxylation is 1. The number of nitrogen functional groups attached to an aromatic ring is 1. The molecule has 2 aromatic carbocycles. The Balaban J connectivity index is 2.45. The molecule has 5 nitrogen and oxygen atoms in total. The maximum Gasteiger partial charge on any atom is 0.266 e. The number of sulfonamides is 1. The molecule has 0 atom stereocenters. The van der Waals surface area contributed by atoms with Gasteiger partial charge in [-0.15, -0.1) is 0 Å². The topological polar surface area (TPSA) is 87.2 Å². The molecule has 0 fully saturated rings. The summed E-state index contributed by atoms with van der Waals surface area (Å²) in [4.78, 5) is 0.0694. The second-order valence-corrected chi connectivity index (χ2v) is 6.61. The van der Waals surface area contributed by atoms with Gasteiger partial charge in [0.15, 0.2) is 0 Å². The summed E-state index contributed by atoms with van der Waals surface area (Å²) in [6.07, 6.45) is 0. The first kappa shape index (κ1) is 14.9. The van der Waals surface area contributed by atoms with Crippen LogP contribution >= 0.6 is 0 Å². The van der Waals surface area contributed by atoms with Crippen molar-refractivity contribution < 1.29 is 8.42 Å². The van der Waals surface area contributed by atoms with Crippen LogP contribution in [0.5, 0.6) is 0 Å². The van der Waals surface area contributed by atoms with E-state index >= 15 is 0 Å². The van der Waals surface area contributed by atoms with Gasteiger partial charge in [0, 0.05) is 7.05 Å². The predicted octanol–water partition coefficient (Wildman–Crippen LogP) is 2.27. The summed E-state index contributed by atoms with van der Waals surface area (Å²) < 4.78 is 26.3. The fraction of sp³-hybridized carbons (Fsp3) is 0.133. The summed E-state index contributed by atoms with van der Waals surface area (Å²) in [5.41, 5.74) is 7.87. The number of anilines is 2. The molecule has 0 aromatic heterocycles.